The van der Waals surface area contributed by atoms with Crippen LogP contribution in [0.5, 0.6) is 0 Å². The second-order valence-electron chi connectivity index (χ2n) is 6.53. The van der Waals surface area contributed by atoms with Crippen LogP contribution in [0.2, 0.25) is 0 Å². The monoisotopic (exact) mass is 483 g/mol. The maximum absolute atomic E-state index is 12.9. The van der Waals surface area contributed by atoms with Gasteiger partial charge in [0.05, 0.1) is 35.5 Å². The van der Waals surface area contributed by atoms with Crippen molar-refractivity contribution in [3.8, 4) is 0 Å². The Morgan fingerprint density at radius 1 is 1.15 bits per heavy atom. The summed E-state index contributed by atoms with van der Waals surface area (Å²) in [5.74, 6) is -0.111. The van der Waals surface area contributed by atoms with Crippen molar-refractivity contribution >= 4 is 51.1 Å². The number of ether oxygens (including phenoxy) is 1. The van der Waals surface area contributed by atoms with E-state index in [1.54, 1.807) is 15.2 Å². The molecule has 138 valence electrons. The third-order valence-electron chi connectivity index (χ3n) is 4.89. The first-order chi connectivity index (χ1) is 12.5. The van der Waals surface area contributed by atoms with E-state index in [2.05, 4.69) is 0 Å². The van der Waals surface area contributed by atoms with E-state index in [1.165, 1.54) is 37.7 Å². The smallest absolute Gasteiger partial charge is 0.341 e. The molecule has 0 radical (unpaired) electrons. The van der Waals surface area contributed by atoms with Crippen LogP contribution < -0.4 is 3.11 Å². The van der Waals surface area contributed by atoms with Gasteiger partial charge in [-0.05, 0) is 43.4 Å². The van der Waals surface area contributed by atoms with Gasteiger partial charge in [0, 0.05) is 10.4 Å². The molecule has 26 heavy (non-hydrogen) atoms. The van der Waals surface area contributed by atoms with Crippen LogP contribution in [-0.4, -0.2) is 19.0 Å². The minimum absolute atomic E-state index is 0.132. The van der Waals surface area contributed by atoms with Crippen molar-refractivity contribution in [3.63, 3.8) is 0 Å². The highest BCUT2D eigenvalue weighted by atomic mass is 127. The normalized spacial score (nSPS) is 14.9. The number of methoxy groups -OCH3 is 1. The van der Waals surface area contributed by atoms with Crippen molar-refractivity contribution in [3.05, 3.63) is 51.9 Å². The molecule has 0 bridgehead atoms. The lowest BCUT2D eigenvalue weighted by Gasteiger charge is -2.23. The van der Waals surface area contributed by atoms with Gasteiger partial charge in [-0.3, -0.25) is 4.79 Å². The van der Waals surface area contributed by atoms with E-state index in [1.807, 2.05) is 48.0 Å². The number of nitrogens with zero attached hydrogens (tertiary/aromatic N) is 1. The number of rotatable bonds is 4. The van der Waals surface area contributed by atoms with E-state index in [9.17, 15) is 9.59 Å². The molecule has 1 amide bonds. The topological polar surface area (TPSA) is 46.6 Å². The van der Waals surface area contributed by atoms with Gasteiger partial charge in [0.2, 0.25) is 0 Å². The summed E-state index contributed by atoms with van der Waals surface area (Å²) < 4.78 is 6.64. The summed E-state index contributed by atoms with van der Waals surface area (Å²) in [6.07, 6.45) is 5.81. The summed E-state index contributed by atoms with van der Waals surface area (Å²) in [4.78, 5) is 26.6. The van der Waals surface area contributed by atoms with Gasteiger partial charge < -0.3 is 4.74 Å². The first-order valence-electron chi connectivity index (χ1n) is 8.81. The van der Waals surface area contributed by atoms with E-state index in [-0.39, 0.29) is 11.9 Å². The highest BCUT2D eigenvalue weighted by molar-refractivity contribution is 14.1. The number of thiophene rings is 1. The molecule has 1 heterocycles. The number of anilines is 1. The van der Waals surface area contributed by atoms with E-state index >= 15 is 0 Å². The molecule has 1 saturated carbocycles. The number of carbonyl (C=O) groups is 2. The Morgan fingerprint density at radius 3 is 2.42 bits per heavy atom. The Hall–Kier alpha value is -1.41. The van der Waals surface area contributed by atoms with E-state index in [0.29, 0.717) is 22.0 Å². The van der Waals surface area contributed by atoms with Gasteiger partial charge in [-0.25, -0.2) is 7.91 Å². The zero-order chi connectivity index (χ0) is 18.7. The Morgan fingerprint density at radius 2 is 1.81 bits per heavy atom. The van der Waals surface area contributed by atoms with Gasteiger partial charge in [-0.15, -0.1) is 11.3 Å². The number of aryl methyl sites for hydroxylation is 1. The lowest BCUT2D eigenvalue weighted by atomic mass is 9.82. The summed E-state index contributed by atoms with van der Waals surface area (Å²) in [5, 5.41) is 0.671. The zero-order valence-corrected chi connectivity index (χ0v) is 17.9. The summed E-state index contributed by atoms with van der Waals surface area (Å²) in [7, 11) is 1.40. The zero-order valence-electron chi connectivity index (χ0n) is 15.0. The van der Waals surface area contributed by atoms with Crippen molar-refractivity contribution in [2.45, 2.75) is 44.9 Å². The van der Waals surface area contributed by atoms with Gasteiger partial charge in [-0.1, -0.05) is 37.5 Å². The first kappa shape index (κ1) is 19.4. The van der Waals surface area contributed by atoms with Gasteiger partial charge in [-0.2, -0.15) is 0 Å². The van der Waals surface area contributed by atoms with Crippen LogP contribution in [0.4, 0.5) is 5.00 Å². The molecule has 1 aliphatic carbocycles. The molecule has 2 aromatic rings. The molecule has 0 saturated heterocycles. The third kappa shape index (κ3) is 3.81. The average molecular weight is 483 g/mol. The molecular weight excluding hydrogens is 461 g/mol. The molecule has 0 N–H and O–H groups in total. The van der Waals surface area contributed by atoms with Crippen LogP contribution >= 0.6 is 34.2 Å². The number of benzene rings is 1. The maximum Gasteiger partial charge on any atom is 0.341 e. The fraction of sp³-hybridized carbons (Fsp3) is 0.400. The van der Waals surface area contributed by atoms with E-state index < -0.39 is 0 Å². The molecular formula is C20H22INO3S. The van der Waals surface area contributed by atoms with Crippen LogP contribution in [0.25, 0.3) is 0 Å². The van der Waals surface area contributed by atoms with Gasteiger partial charge >= 0.3 is 5.97 Å². The molecule has 6 heteroatoms. The molecule has 0 aliphatic heterocycles. The van der Waals surface area contributed by atoms with Crippen LogP contribution in [0.1, 0.15) is 69.2 Å². The Bertz CT molecular complexity index is 797. The lowest BCUT2D eigenvalue weighted by molar-refractivity contribution is 0.0600. The molecule has 1 fully saturated rings. The Labute approximate surface area is 172 Å². The molecule has 3 rings (SSSR count). The van der Waals surface area contributed by atoms with E-state index in [4.69, 9.17) is 4.74 Å². The third-order valence-corrected chi connectivity index (χ3v) is 7.25. The van der Waals surface area contributed by atoms with Gasteiger partial charge in [0.15, 0.2) is 0 Å². The first-order valence-corrected chi connectivity index (χ1v) is 10.6. The van der Waals surface area contributed by atoms with Crippen LogP contribution in [0.3, 0.4) is 0 Å². The molecule has 1 aromatic heterocycles. The summed E-state index contributed by atoms with van der Waals surface area (Å²) >= 11 is 3.51. The second-order valence-corrected chi connectivity index (χ2v) is 8.70. The number of hydrogen-bond acceptors (Lipinski definition) is 4. The number of carbonyl (C=O) groups excluding carboxylic acids is 2. The lowest BCUT2D eigenvalue weighted by Crippen LogP contribution is -2.22. The van der Waals surface area contributed by atoms with Crippen LogP contribution in [-0.2, 0) is 4.74 Å². The van der Waals surface area contributed by atoms with Crippen molar-refractivity contribution in [1.82, 2.24) is 0 Å². The van der Waals surface area contributed by atoms with Crippen molar-refractivity contribution < 1.29 is 14.3 Å². The van der Waals surface area contributed by atoms with Crippen molar-refractivity contribution in [2.75, 3.05) is 10.2 Å². The van der Waals surface area contributed by atoms with Crippen molar-refractivity contribution in [1.29, 1.82) is 0 Å². The minimum Gasteiger partial charge on any atom is -0.465 e. The quantitative estimate of drug-likeness (QED) is 0.310. The highest BCUT2D eigenvalue weighted by Crippen LogP contribution is 2.45. The predicted octanol–water partition coefficient (Wildman–Crippen LogP) is 5.89. The van der Waals surface area contributed by atoms with Crippen LogP contribution in [0.15, 0.2) is 30.3 Å². The largest absolute Gasteiger partial charge is 0.465 e. The second kappa shape index (κ2) is 8.52. The standard InChI is InChI=1S/C20H22INO3S/c1-13-16(14-9-5-3-6-10-14)17(20(24)25-2)19(26-13)22(21)18(23)15-11-7-4-8-12-15/h4,7-8,11-12,14H,3,5-6,9-10H2,1-2H3. The molecule has 0 unspecified atom stereocenters. The highest BCUT2D eigenvalue weighted by Gasteiger charge is 2.32. The fourth-order valence-corrected chi connectivity index (χ4v) is 5.59. The molecule has 0 spiro atoms. The maximum atomic E-state index is 12.9. The fourth-order valence-electron chi connectivity index (χ4n) is 3.65. The van der Waals surface area contributed by atoms with Gasteiger partial charge in [0.1, 0.15) is 5.00 Å². The number of halogens is 1. The molecule has 1 aliphatic rings. The molecule has 0 atom stereocenters. The van der Waals surface area contributed by atoms with E-state index in [0.717, 1.165) is 23.3 Å². The average Bonchev–Trinajstić information content (AvgIpc) is 3.04. The van der Waals surface area contributed by atoms with Crippen molar-refractivity contribution in [2.24, 2.45) is 0 Å². The molecule has 4 nitrogen and oxygen atoms in total. The molecule has 1 aromatic carbocycles. The Balaban J connectivity index is 2.03. The summed E-state index contributed by atoms with van der Waals surface area (Å²) in [6.45, 7) is 2.04. The SMILES string of the molecule is COC(=O)c1c(N(I)C(=O)c2ccccc2)sc(C)c1C1CCCCC1. The minimum atomic E-state index is -0.354. The Kier molecular flexibility index (Phi) is 6.34. The summed E-state index contributed by atoms with van der Waals surface area (Å²) in [5.41, 5.74) is 2.25. The number of esters is 1. The predicted molar refractivity (Wildman–Crippen MR) is 113 cm³/mol. The number of hydrogen-bond donors (Lipinski definition) is 0. The summed E-state index contributed by atoms with van der Waals surface area (Å²) in [6, 6.07) is 9.13. The van der Waals surface area contributed by atoms with Gasteiger partial charge in [0.25, 0.3) is 5.91 Å². The van der Waals surface area contributed by atoms with Crippen LogP contribution in [0, 0.1) is 6.92 Å². The number of amides is 1.